The van der Waals surface area contributed by atoms with Gasteiger partial charge in [0, 0.05) is 51.2 Å². The number of sulfonamides is 1. The van der Waals surface area contributed by atoms with Crippen molar-refractivity contribution >= 4 is 39.1 Å². The van der Waals surface area contributed by atoms with Crippen molar-refractivity contribution in [3.05, 3.63) is 64.7 Å². The lowest BCUT2D eigenvalue weighted by Crippen LogP contribution is -2.49. The average molecular weight is 684 g/mol. The van der Waals surface area contributed by atoms with E-state index in [0.29, 0.717) is 42.8 Å². The zero-order valence-electron chi connectivity index (χ0n) is 27.7. The second kappa shape index (κ2) is 13.4. The van der Waals surface area contributed by atoms with E-state index in [9.17, 15) is 18.0 Å². The maximum Gasteiger partial charge on any atom is 0.264 e. The summed E-state index contributed by atoms with van der Waals surface area (Å²) >= 11 is 6.42. The number of carbonyl (C=O) groups excluding carboxylic acids is 2. The maximum atomic E-state index is 13.8. The third-order valence-corrected chi connectivity index (χ3v) is 12.5. The van der Waals surface area contributed by atoms with Gasteiger partial charge in [-0.2, -0.15) is 0 Å². The number of nitrogens with zero attached hydrogens (tertiary/aromatic N) is 2. The largest absolute Gasteiger partial charge is 0.490 e. The molecule has 2 amide bonds. The number of rotatable bonds is 3. The number of allylic oxidation sites excluding steroid dienone is 1. The molecule has 2 heterocycles. The molecule has 2 aliphatic heterocycles. The van der Waals surface area contributed by atoms with Crippen LogP contribution in [0.4, 0.5) is 5.69 Å². The van der Waals surface area contributed by atoms with Gasteiger partial charge in [-0.15, -0.1) is 0 Å². The van der Waals surface area contributed by atoms with Crippen molar-refractivity contribution in [2.75, 3.05) is 45.8 Å². The van der Waals surface area contributed by atoms with Crippen LogP contribution in [0.3, 0.4) is 0 Å². The van der Waals surface area contributed by atoms with Crippen molar-refractivity contribution in [3.63, 3.8) is 0 Å². The number of nitrogens with one attached hydrogen (secondary N) is 1. The van der Waals surface area contributed by atoms with Crippen LogP contribution in [-0.2, 0) is 36.2 Å². The summed E-state index contributed by atoms with van der Waals surface area (Å²) in [6, 6.07) is 11.0. The lowest BCUT2D eigenvalue weighted by Gasteiger charge is -2.46. The molecule has 2 aromatic rings. The van der Waals surface area contributed by atoms with E-state index in [1.54, 1.807) is 33.3 Å². The Kier molecular flexibility index (Phi) is 9.67. The van der Waals surface area contributed by atoms with E-state index >= 15 is 0 Å². The Morgan fingerprint density at radius 3 is 2.72 bits per heavy atom. The molecule has 1 N–H and O–H groups in total. The number of ether oxygens (including phenoxy) is 2. The molecule has 0 radical (unpaired) electrons. The molecule has 254 valence electrons. The van der Waals surface area contributed by atoms with Crippen LogP contribution in [0.5, 0.6) is 5.75 Å². The predicted molar refractivity (Wildman–Crippen MR) is 182 cm³/mol. The standard InChI is InChI=1S/C36H46ClN3O6S/c1-23-7-5-9-32(45-4)28-13-10-25(28)20-40-21-36(16-6-8-24-17-26(37)11-14-30(24)36)22-46-33-15-12-27(18-31(33)40)47(43,44)38-35(42)29(23)19-34(41)39(2)3/h5,9,11-12,14-15,17-18,23,25,28-29,32H,6-8,10,13,16,19-22H2,1-4H3,(H,38,42)/b9-5-/t23-,25-,28+,29+,32+,36-/m0/s1. The van der Waals surface area contributed by atoms with E-state index < -0.39 is 21.8 Å². The van der Waals surface area contributed by atoms with Gasteiger partial charge in [0.25, 0.3) is 10.0 Å². The van der Waals surface area contributed by atoms with E-state index in [0.717, 1.165) is 43.7 Å². The maximum absolute atomic E-state index is 13.8. The van der Waals surface area contributed by atoms with Crippen LogP contribution in [0.2, 0.25) is 5.02 Å². The Morgan fingerprint density at radius 2 is 2.00 bits per heavy atom. The monoisotopic (exact) mass is 683 g/mol. The van der Waals surface area contributed by atoms with E-state index in [2.05, 4.69) is 27.8 Å². The minimum atomic E-state index is -4.25. The first-order valence-corrected chi connectivity index (χ1v) is 18.5. The first kappa shape index (κ1) is 33.8. The Bertz CT molecular complexity index is 1660. The zero-order valence-corrected chi connectivity index (χ0v) is 29.3. The van der Waals surface area contributed by atoms with Gasteiger partial charge < -0.3 is 19.3 Å². The number of amides is 2. The van der Waals surface area contributed by atoms with Crippen LogP contribution in [0.15, 0.2) is 53.4 Å². The highest BCUT2D eigenvalue weighted by molar-refractivity contribution is 7.90. The summed E-state index contributed by atoms with van der Waals surface area (Å²) in [6.07, 6.45) is 9.40. The van der Waals surface area contributed by atoms with E-state index in [1.807, 2.05) is 19.1 Å². The Hall–Kier alpha value is -3.08. The van der Waals surface area contributed by atoms with Gasteiger partial charge in [-0.05, 0) is 97.7 Å². The lowest BCUT2D eigenvalue weighted by molar-refractivity contribution is -0.135. The van der Waals surface area contributed by atoms with Crippen molar-refractivity contribution in [1.29, 1.82) is 0 Å². The summed E-state index contributed by atoms with van der Waals surface area (Å²) in [4.78, 5) is 30.1. The van der Waals surface area contributed by atoms with Crippen LogP contribution in [0.1, 0.15) is 56.6 Å². The number of aryl methyl sites for hydroxylation is 1. The van der Waals surface area contributed by atoms with Gasteiger partial charge in [0.05, 0.1) is 29.2 Å². The van der Waals surface area contributed by atoms with Crippen molar-refractivity contribution in [2.24, 2.45) is 23.7 Å². The van der Waals surface area contributed by atoms with Crippen LogP contribution >= 0.6 is 11.6 Å². The molecule has 9 nitrogen and oxygen atoms in total. The number of fused-ring (bicyclic) bond motifs is 4. The molecule has 11 heteroatoms. The highest BCUT2D eigenvalue weighted by atomic mass is 35.5. The molecule has 2 aliphatic carbocycles. The molecule has 0 unspecified atom stereocenters. The molecular formula is C36H46ClN3O6S. The second-order valence-corrected chi connectivity index (χ2v) is 16.3. The fraction of sp³-hybridized carbons (Fsp3) is 0.556. The number of carbonyl (C=O) groups is 2. The first-order valence-electron chi connectivity index (χ1n) is 16.7. The number of hydrogen-bond acceptors (Lipinski definition) is 7. The molecule has 1 spiro atoms. The number of halogens is 1. The summed E-state index contributed by atoms with van der Waals surface area (Å²) in [5.41, 5.74) is 2.88. The zero-order chi connectivity index (χ0) is 33.5. The molecule has 47 heavy (non-hydrogen) atoms. The minimum absolute atomic E-state index is 0.0118. The molecule has 1 fully saturated rings. The highest BCUT2D eigenvalue weighted by Gasteiger charge is 2.44. The molecule has 4 aliphatic rings. The first-order chi connectivity index (χ1) is 22.4. The van der Waals surface area contributed by atoms with E-state index in [4.69, 9.17) is 21.1 Å². The lowest BCUT2D eigenvalue weighted by atomic mass is 9.68. The van der Waals surface area contributed by atoms with Gasteiger partial charge >= 0.3 is 0 Å². The molecule has 2 bridgehead atoms. The Labute approximate surface area is 283 Å². The van der Waals surface area contributed by atoms with Gasteiger partial charge in [-0.3, -0.25) is 9.59 Å². The van der Waals surface area contributed by atoms with Crippen LogP contribution in [0, 0.1) is 23.7 Å². The molecular weight excluding hydrogens is 638 g/mol. The van der Waals surface area contributed by atoms with Crippen LogP contribution in [0.25, 0.3) is 0 Å². The summed E-state index contributed by atoms with van der Waals surface area (Å²) in [5.74, 6) is -0.800. The summed E-state index contributed by atoms with van der Waals surface area (Å²) in [5, 5.41) is 0.722. The molecule has 0 aromatic heterocycles. The van der Waals surface area contributed by atoms with E-state index in [1.165, 1.54) is 22.1 Å². The number of anilines is 1. The molecule has 1 saturated carbocycles. The van der Waals surface area contributed by atoms with Crippen molar-refractivity contribution in [3.8, 4) is 5.75 Å². The van der Waals surface area contributed by atoms with E-state index in [-0.39, 0.29) is 34.7 Å². The Balaban J connectivity index is 1.42. The van der Waals surface area contributed by atoms with Crippen LogP contribution in [-0.4, -0.2) is 72.1 Å². The van der Waals surface area contributed by atoms with Crippen molar-refractivity contribution in [2.45, 2.75) is 68.3 Å². The van der Waals surface area contributed by atoms with Gasteiger partial charge in [-0.25, -0.2) is 13.1 Å². The molecule has 6 atom stereocenters. The molecule has 2 aromatic carbocycles. The summed E-state index contributed by atoms with van der Waals surface area (Å²) in [6.45, 7) is 3.73. The summed E-state index contributed by atoms with van der Waals surface area (Å²) in [7, 11) is 0.744. The number of hydrogen-bond donors (Lipinski definition) is 1. The number of benzene rings is 2. The topological polar surface area (TPSA) is 105 Å². The quantitative estimate of drug-likeness (QED) is 0.435. The van der Waals surface area contributed by atoms with Gasteiger partial charge in [0.2, 0.25) is 11.8 Å². The average Bonchev–Trinajstić information content (AvgIpc) is 3.17. The van der Waals surface area contributed by atoms with Crippen LogP contribution < -0.4 is 14.4 Å². The third kappa shape index (κ3) is 6.78. The third-order valence-electron chi connectivity index (χ3n) is 10.9. The van der Waals surface area contributed by atoms with Gasteiger partial charge in [-0.1, -0.05) is 36.7 Å². The fourth-order valence-electron chi connectivity index (χ4n) is 7.98. The van der Waals surface area contributed by atoms with Gasteiger partial charge in [0.1, 0.15) is 5.75 Å². The van der Waals surface area contributed by atoms with Crippen molar-refractivity contribution in [1.82, 2.24) is 9.62 Å². The minimum Gasteiger partial charge on any atom is -0.490 e. The molecule has 6 rings (SSSR count). The van der Waals surface area contributed by atoms with Gasteiger partial charge in [0.15, 0.2) is 0 Å². The summed E-state index contributed by atoms with van der Waals surface area (Å²) < 4.78 is 42.5. The predicted octanol–water partition coefficient (Wildman–Crippen LogP) is 5.35. The number of methoxy groups -OCH3 is 1. The molecule has 0 saturated heterocycles. The Morgan fingerprint density at radius 1 is 1.19 bits per heavy atom. The second-order valence-electron chi connectivity index (χ2n) is 14.1. The normalized spacial score (nSPS) is 30.9. The fourth-order valence-corrected chi connectivity index (χ4v) is 9.22. The SMILES string of the molecule is CO[C@@H]1/C=C\C[C@H](C)[C@@H](CC(=O)N(C)C)C(=O)NS(=O)(=O)c2ccc3c(c2)N(C[C@@H]2CC[C@H]21)C[C@@]1(CCCc2cc(Cl)ccc21)CO3. The smallest absolute Gasteiger partial charge is 0.264 e. The highest BCUT2D eigenvalue weighted by Crippen LogP contribution is 2.47. The van der Waals surface area contributed by atoms with Crippen molar-refractivity contribution < 1.29 is 27.5 Å².